The lowest BCUT2D eigenvalue weighted by atomic mass is 10.0. The Labute approximate surface area is 138 Å². The summed E-state index contributed by atoms with van der Waals surface area (Å²) >= 11 is 5.21. The number of nitrogens with two attached hydrogens (primary N) is 1. The van der Waals surface area contributed by atoms with Crippen LogP contribution < -0.4 is 16.0 Å². The lowest BCUT2D eigenvalue weighted by Gasteiger charge is -2.19. The third-order valence-electron chi connectivity index (χ3n) is 3.19. The minimum atomic E-state index is 0.0356. The quantitative estimate of drug-likeness (QED) is 0.459. The van der Waals surface area contributed by atoms with Crippen LogP contribution in [0.3, 0.4) is 0 Å². The number of benzene rings is 2. The summed E-state index contributed by atoms with van der Waals surface area (Å²) in [6, 6.07) is 14.4. The molecule has 0 saturated carbocycles. The Morgan fingerprint density at radius 2 is 1.95 bits per heavy atom. The van der Waals surface area contributed by atoms with Gasteiger partial charge in [-0.05, 0) is 37.3 Å². The monoisotopic (exact) mass is 366 g/mol. The SMILES string of the molecule is COc1ccc(C)cc1C(CSc1ccc(Br)cc1)NN. The van der Waals surface area contributed by atoms with Gasteiger partial charge in [0.15, 0.2) is 0 Å². The molecule has 3 N–H and O–H groups in total. The second kappa shape index (κ2) is 7.84. The van der Waals surface area contributed by atoms with Crippen molar-refractivity contribution in [3.05, 3.63) is 58.1 Å². The van der Waals surface area contributed by atoms with E-state index in [9.17, 15) is 0 Å². The van der Waals surface area contributed by atoms with Gasteiger partial charge in [-0.25, -0.2) is 0 Å². The van der Waals surface area contributed by atoms with Gasteiger partial charge in [0.2, 0.25) is 0 Å². The molecular weight excluding hydrogens is 348 g/mol. The minimum absolute atomic E-state index is 0.0356. The summed E-state index contributed by atoms with van der Waals surface area (Å²) in [4.78, 5) is 1.21. The fraction of sp³-hybridized carbons (Fsp3) is 0.250. The average molecular weight is 367 g/mol. The zero-order valence-corrected chi connectivity index (χ0v) is 14.5. The summed E-state index contributed by atoms with van der Waals surface area (Å²) in [6.45, 7) is 2.07. The lowest BCUT2D eigenvalue weighted by Crippen LogP contribution is -2.30. The Morgan fingerprint density at radius 3 is 2.57 bits per heavy atom. The maximum Gasteiger partial charge on any atom is 0.123 e. The summed E-state index contributed by atoms with van der Waals surface area (Å²) in [5.74, 6) is 7.43. The highest BCUT2D eigenvalue weighted by Crippen LogP contribution is 2.31. The molecule has 1 atom stereocenters. The number of hydrogen-bond donors (Lipinski definition) is 2. The topological polar surface area (TPSA) is 47.3 Å². The second-order valence-electron chi connectivity index (χ2n) is 4.73. The average Bonchev–Trinajstić information content (AvgIpc) is 2.50. The largest absolute Gasteiger partial charge is 0.496 e. The molecule has 0 amide bonds. The molecule has 112 valence electrons. The molecule has 0 heterocycles. The number of aryl methyl sites for hydroxylation is 1. The van der Waals surface area contributed by atoms with E-state index in [4.69, 9.17) is 10.6 Å². The molecule has 3 nitrogen and oxygen atoms in total. The maximum atomic E-state index is 5.74. The smallest absolute Gasteiger partial charge is 0.123 e. The molecule has 0 aromatic heterocycles. The molecular formula is C16H19BrN2OS. The fourth-order valence-corrected chi connectivity index (χ4v) is 3.29. The van der Waals surface area contributed by atoms with Gasteiger partial charge < -0.3 is 4.74 Å². The highest BCUT2D eigenvalue weighted by molar-refractivity contribution is 9.10. The predicted molar refractivity (Wildman–Crippen MR) is 92.7 cm³/mol. The molecule has 0 radical (unpaired) electrons. The number of hydrazine groups is 1. The van der Waals surface area contributed by atoms with E-state index < -0.39 is 0 Å². The van der Waals surface area contributed by atoms with Crippen LogP contribution in [-0.2, 0) is 0 Å². The Morgan fingerprint density at radius 1 is 1.24 bits per heavy atom. The van der Waals surface area contributed by atoms with E-state index in [2.05, 4.69) is 46.5 Å². The summed E-state index contributed by atoms with van der Waals surface area (Å²) in [6.07, 6.45) is 0. The summed E-state index contributed by atoms with van der Waals surface area (Å²) in [5, 5.41) is 0. The number of ether oxygens (including phenoxy) is 1. The zero-order valence-electron chi connectivity index (χ0n) is 12.1. The van der Waals surface area contributed by atoms with Crippen LogP contribution in [0.15, 0.2) is 51.8 Å². The van der Waals surface area contributed by atoms with Crippen molar-refractivity contribution >= 4 is 27.7 Å². The Balaban J connectivity index is 2.12. The second-order valence-corrected chi connectivity index (χ2v) is 6.74. The summed E-state index contributed by atoms with van der Waals surface area (Å²) in [5.41, 5.74) is 5.17. The molecule has 0 bridgehead atoms. The van der Waals surface area contributed by atoms with Crippen LogP contribution in [0.25, 0.3) is 0 Å². The van der Waals surface area contributed by atoms with Gasteiger partial charge in [-0.2, -0.15) is 0 Å². The van der Waals surface area contributed by atoms with Gasteiger partial charge >= 0.3 is 0 Å². The van der Waals surface area contributed by atoms with Crippen molar-refractivity contribution in [2.75, 3.05) is 12.9 Å². The molecule has 0 spiro atoms. The Kier molecular flexibility index (Phi) is 6.11. The Bertz CT molecular complexity index is 589. The Hall–Kier alpha value is -1.01. The first kappa shape index (κ1) is 16.4. The van der Waals surface area contributed by atoms with Crippen molar-refractivity contribution in [2.24, 2.45) is 5.84 Å². The number of rotatable bonds is 6. The van der Waals surface area contributed by atoms with E-state index in [0.29, 0.717) is 0 Å². The van der Waals surface area contributed by atoms with Crippen LogP contribution in [0, 0.1) is 6.92 Å². The van der Waals surface area contributed by atoms with E-state index in [1.165, 1.54) is 10.5 Å². The van der Waals surface area contributed by atoms with Crippen LogP contribution in [-0.4, -0.2) is 12.9 Å². The van der Waals surface area contributed by atoms with Gasteiger partial charge in [0.05, 0.1) is 13.2 Å². The number of nitrogens with one attached hydrogen (secondary N) is 1. The molecule has 2 rings (SSSR count). The van der Waals surface area contributed by atoms with Crippen LogP contribution in [0.2, 0.25) is 0 Å². The van der Waals surface area contributed by atoms with Crippen LogP contribution in [0.1, 0.15) is 17.2 Å². The standard InChI is InChI=1S/C16H19BrN2OS/c1-11-3-8-16(20-2)14(9-11)15(19-18)10-21-13-6-4-12(17)5-7-13/h3-9,15,19H,10,18H2,1-2H3. The maximum absolute atomic E-state index is 5.74. The third-order valence-corrected chi connectivity index (χ3v) is 4.83. The molecule has 2 aromatic rings. The molecule has 21 heavy (non-hydrogen) atoms. The lowest BCUT2D eigenvalue weighted by molar-refractivity contribution is 0.402. The van der Waals surface area contributed by atoms with Gasteiger partial charge in [0.1, 0.15) is 5.75 Å². The van der Waals surface area contributed by atoms with E-state index in [1.54, 1.807) is 18.9 Å². The normalized spacial score (nSPS) is 12.2. The van der Waals surface area contributed by atoms with Crippen molar-refractivity contribution in [2.45, 2.75) is 17.9 Å². The van der Waals surface area contributed by atoms with Gasteiger partial charge in [-0.15, -0.1) is 11.8 Å². The third kappa shape index (κ3) is 4.48. The van der Waals surface area contributed by atoms with Crippen molar-refractivity contribution < 1.29 is 4.74 Å². The van der Waals surface area contributed by atoms with Crippen LogP contribution in [0.4, 0.5) is 0 Å². The fourth-order valence-electron chi connectivity index (χ4n) is 2.06. The van der Waals surface area contributed by atoms with Gasteiger partial charge in [0.25, 0.3) is 0 Å². The van der Waals surface area contributed by atoms with Crippen molar-refractivity contribution in [1.29, 1.82) is 0 Å². The number of thioether (sulfide) groups is 1. The molecule has 2 aromatic carbocycles. The summed E-state index contributed by atoms with van der Waals surface area (Å²) in [7, 11) is 1.68. The first-order chi connectivity index (χ1) is 10.1. The molecule has 1 unspecified atom stereocenters. The van der Waals surface area contributed by atoms with Crippen molar-refractivity contribution in [3.8, 4) is 5.75 Å². The molecule has 0 aliphatic carbocycles. The van der Waals surface area contributed by atoms with E-state index in [-0.39, 0.29) is 6.04 Å². The molecule has 0 aliphatic heterocycles. The van der Waals surface area contributed by atoms with Crippen LogP contribution >= 0.6 is 27.7 Å². The number of methoxy groups -OCH3 is 1. The molecule has 5 heteroatoms. The van der Waals surface area contributed by atoms with Gasteiger partial charge in [-0.1, -0.05) is 33.6 Å². The first-order valence-electron chi connectivity index (χ1n) is 6.63. The van der Waals surface area contributed by atoms with E-state index in [0.717, 1.165) is 21.5 Å². The predicted octanol–water partition coefficient (Wildman–Crippen LogP) is 4.06. The highest BCUT2D eigenvalue weighted by Gasteiger charge is 2.15. The first-order valence-corrected chi connectivity index (χ1v) is 8.41. The molecule has 0 saturated heterocycles. The highest BCUT2D eigenvalue weighted by atomic mass is 79.9. The van der Waals surface area contributed by atoms with Crippen LogP contribution in [0.5, 0.6) is 5.75 Å². The van der Waals surface area contributed by atoms with Crippen molar-refractivity contribution in [1.82, 2.24) is 5.43 Å². The van der Waals surface area contributed by atoms with E-state index in [1.807, 2.05) is 24.3 Å². The van der Waals surface area contributed by atoms with Gasteiger partial charge in [-0.3, -0.25) is 11.3 Å². The molecule has 0 aliphatic rings. The summed E-state index contributed by atoms with van der Waals surface area (Å²) < 4.78 is 6.52. The van der Waals surface area contributed by atoms with Crippen molar-refractivity contribution in [3.63, 3.8) is 0 Å². The number of halogens is 1. The number of hydrogen-bond acceptors (Lipinski definition) is 4. The van der Waals surface area contributed by atoms with Gasteiger partial charge in [0, 0.05) is 20.7 Å². The van der Waals surface area contributed by atoms with E-state index >= 15 is 0 Å². The zero-order chi connectivity index (χ0) is 15.2. The minimum Gasteiger partial charge on any atom is -0.496 e. The molecule has 0 fully saturated rings.